The summed E-state index contributed by atoms with van der Waals surface area (Å²) in [4.78, 5) is 37.1. The van der Waals surface area contributed by atoms with E-state index < -0.39 is 5.56 Å². The normalized spacial score (nSPS) is 10.7. The molecular weight excluding hydrogens is 392 g/mol. The second-order valence-electron chi connectivity index (χ2n) is 7.74. The van der Waals surface area contributed by atoms with Gasteiger partial charge >= 0.3 is 0 Å². The van der Waals surface area contributed by atoms with Gasteiger partial charge in [0.25, 0.3) is 5.56 Å². The molecule has 0 aliphatic heterocycles. The Morgan fingerprint density at radius 2 is 1.68 bits per heavy atom. The molecule has 0 aliphatic rings. The zero-order valence-corrected chi connectivity index (χ0v) is 18.1. The second-order valence-corrected chi connectivity index (χ2v) is 7.74. The van der Waals surface area contributed by atoms with Crippen molar-refractivity contribution in [2.75, 3.05) is 10.6 Å². The van der Waals surface area contributed by atoms with Crippen LogP contribution in [0.5, 0.6) is 0 Å². The average Bonchev–Trinajstić information content (AvgIpc) is 2.71. The van der Waals surface area contributed by atoms with Crippen molar-refractivity contribution in [3.8, 4) is 11.3 Å². The molecule has 0 saturated carbocycles. The molecule has 7 heteroatoms. The maximum absolute atomic E-state index is 12.8. The van der Waals surface area contributed by atoms with Gasteiger partial charge in [-0.1, -0.05) is 61.9 Å². The van der Waals surface area contributed by atoms with Crippen molar-refractivity contribution < 1.29 is 9.59 Å². The quantitative estimate of drug-likeness (QED) is 0.634. The number of amides is 2. The lowest BCUT2D eigenvalue weighted by Crippen LogP contribution is -2.32. The van der Waals surface area contributed by atoms with E-state index in [0.29, 0.717) is 11.4 Å². The number of nitrogens with one attached hydrogen (secondary N) is 2. The van der Waals surface area contributed by atoms with Crippen molar-refractivity contribution >= 4 is 23.2 Å². The molecular formula is C24H26N4O3. The number of anilines is 2. The predicted molar refractivity (Wildman–Crippen MR) is 122 cm³/mol. The number of aromatic nitrogens is 2. The zero-order chi connectivity index (χ0) is 22.5. The Labute approximate surface area is 181 Å². The molecule has 0 aliphatic carbocycles. The van der Waals surface area contributed by atoms with Crippen molar-refractivity contribution in [1.29, 1.82) is 0 Å². The number of hydrogen-bond acceptors (Lipinski definition) is 4. The highest BCUT2D eigenvalue weighted by Crippen LogP contribution is 2.24. The van der Waals surface area contributed by atoms with Crippen LogP contribution in [-0.4, -0.2) is 21.6 Å². The van der Waals surface area contributed by atoms with Gasteiger partial charge in [-0.05, 0) is 30.5 Å². The minimum atomic E-state index is -0.543. The van der Waals surface area contributed by atoms with Crippen LogP contribution in [0.25, 0.3) is 11.3 Å². The molecule has 2 N–H and O–H groups in total. The van der Waals surface area contributed by atoms with Crippen molar-refractivity contribution in [3.63, 3.8) is 0 Å². The summed E-state index contributed by atoms with van der Waals surface area (Å²) in [6.07, 6.45) is 0. The summed E-state index contributed by atoms with van der Waals surface area (Å²) in [5.41, 5.74) is 3.58. The summed E-state index contributed by atoms with van der Waals surface area (Å²) in [5.74, 6) is -0.522. The Balaban J connectivity index is 1.95. The first-order valence-corrected chi connectivity index (χ1v) is 10.1. The maximum Gasteiger partial charge on any atom is 0.291 e. The van der Waals surface area contributed by atoms with Crippen molar-refractivity contribution in [2.24, 2.45) is 0 Å². The van der Waals surface area contributed by atoms with E-state index in [-0.39, 0.29) is 30.0 Å². The van der Waals surface area contributed by atoms with E-state index in [1.165, 1.54) is 13.0 Å². The molecule has 31 heavy (non-hydrogen) atoms. The minimum Gasteiger partial charge on any atom is -0.324 e. The van der Waals surface area contributed by atoms with Gasteiger partial charge in [-0.15, -0.1) is 0 Å². The lowest BCUT2D eigenvalue weighted by molar-refractivity contribution is -0.117. The molecule has 2 aromatic carbocycles. The van der Waals surface area contributed by atoms with Crippen LogP contribution in [0.3, 0.4) is 0 Å². The van der Waals surface area contributed by atoms with Gasteiger partial charge in [0.2, 0.25) is 11.8 Å². The molecule has 1 heterocycles. The number of nitrogens with zero attached hydrogens (tertiary/aromatic N) is 2. The van der Waals surface area contributed by atoms with Crippen molar-refractivity contribution in [3.05, 3.63) is 76.1 Å². The predicted octanol–water partition coefficient (Wildman–Crippen LogP) is 3.94. The van der Waals surface area contributed by atoms with Gasteiger partial charge in [-0.3, -0.25) is 14.4 Å². The molecule has 3 rings (SSSR count). The lowest BCUT2D eigenvalue weighted by atomic mass is 10.0. The number of benzene rings is 2. The zero-order valence-electron chi connectivity index (χ0n) is 18.1. The van der Waals surface area contributed by atoms with Crippen LogP contribution < -0.4 is 16.2 Å². The van der Waals surface area contributed by atoms with Crippen LogP contribution >= 0.6 is 0 Å². The summed E-state index contributed by atoms with van der Waals surface area (Å²) < 4.78 is 1.08. The largest absolute Gasteiger partial charge is 0.324 e. The highest BCUT2D eigenvalue weighted by molar-refractivity contribution is 5.92. The molecule has 7 nitrogen and oxygen atoms in total. The van der Waals surface area contributed by atoms with E-state index in [1.54, 1.807) is 0 Å². The van der Waals surface area contributed by atoms with Gasteiger partial charge in [-0.2, -0.15) is 5.10 Å². The van der Waals surface area contributed by atoms with Gasteiger partial charge in [0, 0.05) is 18.2 Å². The third kappa shape index (κ3) is 5.45. The van der Waals surface area contributed by atoms with Crippen LogP contribution in [0.15, 0.2) is 59.4 Å². The molecule has 0 bridgehead atoms. The van der Waals surface area contributed by atoms with E-state index in [2.05, 4.69) is 15.7 Å². The number of para-hydroxylation sites is 1. The summed E-state index contributed by atoms with van der Waals surface area (Å²) in [7, 11) is 0. The lowest BCUT2D eigenvalue weighted by Gasteiger charge is -2.15. The fraction of sp³-hybridized carbons (Fsp3) is 0.250. The number of rotatable bonds is 6. The van der Waals surface area contributed by atoms with E-state index in [9.17, 15) is 14.4 Å². The fourth-order valence-electron chi connectivity index (χ4n) is 3.23. The van der Waals surface area contributed by atoms with Crippen LogP contribution in [0.2, 0.25) is 0 Å². The van der Waals surface area contributed by atoms with E-state index in [1.807, 2.05) is 69.3 Å². The monoisotopic (exact) mass is 418 g/mol. The molecule has 1 aromatic heterocycles. The summed E-state index contributed by atoms with van der Waals surface area (Å²) in [5, 5.41) is 9.78. The third-order valence-corrected chi connectivity index (χ3v) is 4.78. The number of carbonyl (C=O) groups excluding carboxylic acids is 2. The van der Waals surface area contributed by atoms with Crippen LogP contribution in [0.1, 0.15) is 37.8 Å². The molecule has 0 unspecified atom stereocenters. The van der Waals surface area contributed by atoms with E-state index in [0.717, 1.165) is 21.4 Å². The smallest absolute Gasteiger partial charge is 0.291 e. The van der Waals surface area contributed by atoms with Gasteiger partial charge in [0.05, 0.1) is 5.69 Å². The van der Waals surface area contributed by atoms with Crippen LogP contribution in [0.4, 0.5) is 11.4 Å². The molecule has 0 spiro atoms. The molecule has 2 amide bonds. The minimum absolute atomic E-state index is 0.0773. The number of carbonyl (C=O) groups is 2. The summed E-state index contributed by atoms with van der Waals surface area (Å²) >= 11 is 0. The Morgan fingerprint density at radius 3 is 2.32 bits per heavy atom. The van der Waals surface area contributed by atoms with Crippen LogP contribution in [-0.2, 0) is 16.1 Å². The fourth-order valence-corrected chi connectivity index (χ4v) is 3.23. The van der Waals surface area contributed by atoms with Gasteiger partial charge in [0.15, 0.2) is 0 Å². The Morgan fingerprint density at radius 1 is 1.00 bits per heavy atom. The molecule has 0 fully saturated rings. The number of aryl methyl sites for hydroxylation is 1. The summed E-state index contributed by atoms with van der Waals surface area (Å²) in [6.45, 7) is 7.10. The van der Waals surface area contributed by atoms with Gasteiger partial charge in [-0.25, -0.2) is 4.68 Å². The average molecular weight is 418 g/mol. The Bertz CT molecular complexity index is 1160. The second kappa shape index (κ2) is 9.38. The molecule has 0 atom stereocenters. The first kappa shape index (κ1) is 22.0. The molecule has 3 aromatic rings. The van der Waals surface area contributed by atoms with Gasteiger partial charge < -0.3 is 10.6 Å². The van der Waals surface area contributed by atoms with E-state index >= 15 is 0 Å². The van der Waals surface area contributed by atoms with E-state index in [4.69, 9.17) is 0 Å². The molecule has 0 saturated heterocycles. The Kier molecular flexibility index (Phi) is 6.65. The highest BCUT2D eigenvalue weighted by Gasteiger charge is 2.15. The molecule has 0 radical (unpaired) electrons. The van der Waals surface area contributed by atoms with Crippen molar-refractivity contribution in [2.45, 2.75) is 40.2 Å². The topological polar surface area (TPSA) is 93.1 Å². The van der Waals surface area contributed by atoms with Gasteiger partial charge in [0.1, 0.15) is 12.2 Å². The van der Waals surface area contributed by atoms with Crippen LogP contribution in [0, 0.1) is 6.92 Å². The first-order chi connectivity index (χ1) is 14.7. The standard InChI is InChI=1S/C24H26N4O3/c1-15(2)19-7-5-6-8-20(19)26-23(30)14-28-24(31)22(25-17(4)29)13-21(27-28)18-11-9-16(3)10-12-18/h5-13,15H,14H2,1-4H3,(H,25,29)(H,26,30). The number of hydrogen-bond donors (Lipinski definition) is 2. The third-order valence-electron chi connectivity index (χ3n) is 4.78. The summed E-state index contributed by atoms with van der Waals surface area (Å²) in [6, 6.07) is 16.7. The SMILES string of the molecule is CC(=O)Nc1cc(-c2ccc(C)cc2)nn(CC(=O)Nc2ccccc2C(C)C)c1=O. The maximum atomic E-state index is 12.8. The first-order valence-electron chi connectivity index (χ1n) is 10.1. The molecule has 160 valence electrons. The highest BCUT2D eigenvalue weighted by atomic mass is 16.2. The van der Waals surface area contributed by atoms with Crippen molar-refractivity contribution in [1.82, 2.24) is 9.78 Å². The Hall–Kier alpha value is -3.74.